The van der Waals surface area contributed by atoms with Gasteiger partial charge in [0.05, 0.1) is 0 Å². The molecule has 2 heterocycles. The van der Waals surface area contributed by atoms with Crippen molar-refractivity contribution in [1.29, 1.82) is 0 Å². The van der Waals surface area contributed by atoms with Crippen molar-refractivity contribution in [3.05, 3.63) is 29.0 Å². The Morgan fingerprint density at radius 3 is 3.00 bits per heavy atom. The van der Waals surface area contributed by atoms with E-state index >= 15 is 0 Å². The quantitative estimate of drug-likeness (QED) is 0.631. The lowest BCUT2D eigenvalue weighted by Gasteiger charge is -1.98. The Morgan fingerprint density at radius 2 is 2.25 bits per heavy atom. The van der Waals surface area contributed by atoms with Gasteiger partial charge in [-0.25, -0.2) is 4.98 Å². The van der Waals surface area contributed by atoms with Gasteiger partial charge in [-0.2, -0.15) is 0 Å². The van der Waals surface area contributed by atoms with Gasteiger partial charge >= 0.3 is 0 Å². The number of anilines is 1. The zero-order valence-corrected chi connectivity index (χ0v) is 7.34. The molecule has 0 radical (unpaired) electrons. The number of nitrogens with two attached hydrogens (primary N) is 1. The molecule has 2 aromatic heterocycles. The molecule has 0 aliphatic heterocycles. The number of rotatable bonds is 0. The van der Waals surface area contributed by atoms with Crippen LogP contribution in [0.2, 0.25) is 5.15 Å². The van der Waals surface area contributed by atoms with Crippen LogP contribution in [0.1, 0.15) is 5.56 Å². The van der Waals surface area contributed by atoms with Crippen molar-refractivity contribution in [2.75, 3.05) is 5.73 Å². The van der Waals surface area contributed by atoms with Crippen molar-refractivity contribution >= 4 is 23.1 Å². The van der Waals surface area contributed by atoms with Gasteiger partial charge < -0.3 is 5.73 Å². The molecule has 0 bridgehead atoms. The lowest BCUT2D eigenvalue weighted by molar-refractivity contribution is 1.13. The van der Waals surface area contributed by atoms with E-state index in [4.69, 9.17) is 17.3 Å². The third kappa shape index (κ3) is 1.02. The first-order chi connectivity index (χ1) is 5.66. The molecule has 62 valence electrons. The number of nitrogen functional groups attached to an aromatic ring is 1. The fraction of sp³-hybridized carbons (Fsp3) is 0.125. The molecule has 0 saturated heterocycles. The molecule has 0 aliphatic carbocycles. The fourth-order valence-electron chi connectivity index (χ4n) is 1.19. The number of halogens is 1. The van der Waals surface area contributed by atoms with Gasteiger partial charge in [-0.1, -0.05) is 11.6 Å². The highest BCUT2D eigenvalue weighted by atomic mass is 35.5. The van der Waals surface area contributed by atoms with E-state index in [9.17, 15) is 0 Å². The molecular weight excluding hydrogens is 174 g/mol. The molecule has 2 rings (SSSR count). The number of aryl methyl sites for hydroxylation is 1. The zero-order chi connectivity index (χ0) is 8.72. The van der Waals surface area contributed by atoms with Crippen molar-refractivity contribution in [1.82, 2.24) is 9.38 Å². The maximum absolute atomic E-state index is 5.92. The van der Waals surface area contributed by atoms with Gasteiger partial charge in [-0.3, -0.25) is 4.40 Å². The minimum atomic E-state index is 0.450. The van der Waals surface area contributed by atoms with Crippen LogP contribution in [0, 0.1) is 6.92 Å². The summed E-state index contributed by atoms with van der Waals surface area (Å²) in [4.78, 5) is 4.11. The van der Waals surface area contributed by atoms with E-state index in [1.807, 2.05) is 19.2 Å². The van der Waals surface area contributed by atoms with E-state index in [-0.39, 0.29) is 0 Å². The van der Waals surface area contributed by atoms with E-state index < -0.39 is 0 Å². The second kappa shape index (κ2) is 2.38. The van der Waals surface area contributed by atoms with Gasteiger partial charge in [-0.15, -0.1) is 0 Å². The third-order valence-electron chi connectivity index (χ3n) is 1.68. The maximum Gasteiger partial charge on any atom is 0.140 e. The second-order valence-corrected chi connectivity index (χ2v) is 3.14. The van der Waals surface area contributed by atoms with Crippen molar-refractivity contribution in [2.24, 2.45) is 0 Å². The lowest BCUT2D eigenvalue weighted by atomic mass is 10.4. The first-order valence-corrected chi connectivity index (χ1v) is 3.95. The van der Waals surface area contributed by atoms with Crippen LogP contribution in [0.5, 0.6) is 0 Å². The molecule has 3 nitrogen and oxygen atoms in total. The number of hydrogen-bond acceptors (Lipinski definition) is 2. The standard InChI is InChI=1S/C8H8ClN3/c1-5-2-8-11-7(10)3-6(9)12(8)4-5/h2-4H,1H3,(H2,10,11). The fourth-order valence-corrected chi connectivity index (χ4v) is 1.44. The smallest absolute Gasteiger partial charge is 0.140 e. The second-order valence-electron chi connectivity index (χ2n) is 2.75. The highest BCUT2D eigenvalue weighted by Gasteiger charge is 2.01. The molecule has 0 spiro atoms. The van der Waals surface area contributed by atoms with Crippen LogP contribution in [0.25, 0.3) is 5.65 Å². The third-order valence-corrected chi connectivity index (χ3v) is 1.97. The Kier molecular flexibility index (Phi) is 1.48. The summed E-state index contributed by atoms with van der Waals surface area (Å²) in [7, 11) is 0. The van der Waals surface area contributed by atoms with Crippen LogP contribution in [0.3, 0.4) is 0 Å². The summed E-state index contributed by atoms with van der Waals surface area (Å²) >= 11 is 5.92. The van der Waals surface area contributed by atoms with E-state index in [1.54, 1.807) is 10.5 Å². The Hall–Kier alpha value is -1.22. The van der Waals surface area contributed by atoms with Crippen molar-refractivity contribution in [3.63, 3.8) is 0 Å². The molecule has 0 saturated carbocycles. The molecule has 4 heteroatoms. The van der Waals surface area contributed by atoms with E-state index in [0.29, 0.717) is 11.0 Å². The molecule has 0 amide bonds. The molecule has 0 atom stereocenters. The van der Waals surface area contributed by atoms with Gasteiger partial charge in [0.15, 0.2) is 0 Å². The molecule has 0 aliphatic rings. The largest absolute Gasteiger partial charge is 0.384 e. The summed E-state index contributed by atoms with van der Waals surface area (Å²) in [5.41, 5.74) is 7.43. The molecule has 0 unspecified atom stereocenters. The maximum atomic E-state index is 5.92. The van der Waals surface area contributed by atoms with Crippen LogP contribution in [0.15, 0.2) is 18.3 Å². The molecule has 2 N–H and O–H groups in total. The van der Waals surface area contributed by atoms with E-state index in [2.05, 4.69) is 4.98 Å². The molecule has 12 heavy (non-hydrogen) atoms. The normalized spacial score (nSPS) is 10.8. The highest BCUT2D eigenvalue weighted by molar-refractivity contribution is 6.30. The molecule has 0 aromatic carbocycles. The van der Waals surface area contributed by atoms with Gasteiger partial charge in [0.25, 0.3) is 0 Å². The summed E-state index contributed by atoms with van der Waals surface area (Å²) in [6, 6.07) is 3.57. The van der Waals surface area contributed by atoms with Gasteiger partial charge in [0, 0.05) is 12.3 Å². The first kappa shape index (κ1) is 7.43. The number of hydrogen-bond donors (Lipinski definition) is 1. The summed E-state index contributed by atoms with van der Waals surface area (Å²) in [6.45, 7) is 1.99. The van der Waals surface area contributed by atoms with Crippen LogP contribution in [-0.4, -0.2) is 9.38 Å². The number of fused-ring (bicyclic) bond motifs is 1. The van der Waals surface area contributed by atoms with E-state index in [1.165, 1.54) is 0 Å². The summed E-state index contributed by atoms with van der Waals surface area (Å²) < 4.78 is 1.80. The Balaban J connectivity index is 2.88. The monoisotopic (exact) mass is 181 g/mol. The Morgan fingerprint density at radius 1 is 1.50 bits per heavy atom. The van der Waals surface area contributed by atoms with Gasteiger partial charge in [-0.05, 0) is 18.6 Å². The minimum Gasteiger partial charge on any atom is -0.384 e. The van der Waals surface area contributed by atoms with Crippen molar-refractivity contribution < 1.29 is 0 Å². The van der Waals surface area contributed by atoms with E-state index in [0.717, 1.165) is 11.2 Å². The number of nitrogens with zero attached hydrogens (tertiary/aromatic N) is 2. The Bertz CT molecular complexity index is 433. The molecule has 0 fully saturated rings. The summed E-state index contributed by atoms with van der Waals surface area (Å²) in [5.74, 6) is 0.450. The lowest BCUT2D eigenvalue weighted by Crippen LogP contribution is -1.94. The predicted molar refractivity (Wildman–Crippen MR) is 49.4 cm³/mol. The van der Waals surface area contributed by atoms with Crippen molar-refractivity contribution in [2.45, 2.75) is 6.92 Å². The SMILES string of the molecule is Cc1cc2nc(N)cc(Cl)n2c1. The highest BCUT2D eigenvalue weighted by Crippen LogP contribution is 2.16. The van der Waals surface area contributed by atoms with Crippen molar-refractivity contribution in [3.8, 4) is 0 Å². The van der Waals surface area contributed by atoms with Crippen LogP contribution >= 0.6 is 11.6 Å². The zero-order valence-electron chi connectivity index (χ0n) is 6.58. The molecule has 2 aromatic rings. The number of aromatic nitrogens is 2. The van der Waals surface area contributed by atoms with Gasteiger partial charge in [0.1, 0.15) is 16.6 Å². The predicted octanol–water partition coefficient (Wildman–Crippen LogP) is 1.88. The Labute approximate surface area is 74.8 Å². The average molecular weight is 182 g/mol. The summed E-state index contributed by atoms with van der Waals surface area (Å²) in [5, 5.41) is 0.589. The van der Waals surface area contributed by atoms with Crippen LogP contribution in [-0.2, 0) is 0 Å². The van der Waals surface area contributed by atoms with Gasteiger partial charge in [0.2, 0.25) is 0 Å². The van der Waals surface area contributed by atoms with Crippen LogP contribution in [0.4, 0.5) is 5.82 Å². The molecular formula is C8H8ClN3. The average Bonchev–Trinajstić information content (AvgIpc) is 2.29. The first-order valence-electron chi connectivity index (χ1n) is 3.57. The summed E-state index contributed by atoms with van der Waals surface area (Å²) in [6.07, 6.45) is 1.92. The minimum absolute atomic E-state index is 0.450. The topological polar surface area (TPSA) is 43.3 Å². The van der Waals surface area contributed by atoms with Crippen LogP contribution < -0.4 is 5.73 Å².